The van der Waals surface area contributed by atoms with Crippen LogP contribution < -0.4 is 10.6 Å². The molecule has 7 nitrogen and oxygen atoms in total. The number of rotatable bonds is 4. The predicted molar refractivity (Wildman–Crippen MR) is 104 cm³/mol. The maximum Gasteiger partial charge on any atom is 0.339 e. The molecule has 7 heteroatoms. The van der Waals surface area contributed by atoms with Gasteiger partial charge in [-0.15, -0.1) is 0 Å². The molecule has 3 saturated carbocycles. The average molecular weight is 387 g/mol. The zero-order valence-corrected chi connectivity index (χ0v) is 16.7. The summed E-state index contributed by atoms with van der Waals surface area (Å²) >= 11 is 0. The minimum Gasteiger partial charge on any atom is -0.337 e. The number of carbonyl (C=O) groups excluding carboxylic acids is 4. The molecule has 0 aromatic rings. The lowest BCUT2D eigenvalue weighted by molar-refractivity contribution is -0.122. The summed E-state index contributed by atoms with van der Waals surface area (Å²) < 4.78 is 0. The van der Waals surface area contributed by atoms with Crippen LogP contribution in [0.4, 0.5) is 9.59 Å². The maximum absolute atomic E-state index is 12.8. The number of hydrogen-bond acceptors (Lipinski definition) is 4. The van der Waals surface area contributed by atoms with Crippen LogP contribution in [0.25, 0.3) is 0 Å². The van der Waals surface area contributed by atoms with E-state index in [1.165, 1.54) is 39.5 Å². The largest absolute Gasteiger partial charge is 0.339 e. The quantitative estimate of drug-likeness (QED) is 0.725. The molecular formula is C21H29N3O4. The van der Waals surface area contributed by atoms with E-state index in [2.05, 4.69) is 18.5 Å². The van der Waals surface area contributed by atoms with Crippen LogP contribution in [0.1, 0.15) is 52.4 Å². The summed E-state index contributed by atoms with van der Waals surface area (Å²) in [5.74, 6) is 0.551. The number of amides is 6. The standard InChI is InChI=1S/C21H29N3O4/c1-12(2)17(25)23-20(28)24(18(26)13(3)4)19(27)22-11-21-9-8-14(10-21)15-6-5-7-16(15)21/h14-16H,1,3,5-11H2,2,4H3,(H,22,27)(H,23,25,28). The number of fused-ring (bicyclic) bond motifs is 5. The molecule has 0 radical (unpaired) electrons. The Morgan fingerprint density at radius 2 is 1.75 bits per heavy atom. The van der Waals surface area contributed by atoms with E-state index < -0.39 is 23.9 Å². The Hall–Kier alpha value is -2.44. The van der Waals surface area contributed by atoms with Crippen LogP contribution in [0.3, 0.4) is 0 Å². The van der Waals surface area contributed by atoms with Gasteiger partial charge in [0.05, 0.1) is 0 Å². The van der Waals surface area contributed by atoms with Gasteiger partial charge >= 0.3 is 12.1 Å². The zero-order chi connectivity index (χ0) is 20.6. The summed E-state index contributed by atoms with van der Waals surface area (Å²) in [6.45, 7) is 10.3. The highest BCUT2D eigenvalue weighted by molar-refractivity contribution is 6.18. The SMILES string of the molecule is C=C(C)C(=O)NC(=O)N(C(=O)NCC12CCC(C1)C1CCCC12)C(=O)C(=C)C. The summed E-state index contributed by atoms with van der Waals surface area (Å²) in [6, 6.07) is -1.91. The first-order chi connectivity index (χ1) is 13.2. The molecule has 0 heterocycles. The second kappa shape index (κ2) is 7.53. The summed E-state index contributed by atoms with van der Waals surface area (Å²) in [5, 5.41) is 4.82. The van der Waals surface area contributed by atoms with Crippen molar-refractivity contribution in [1.29, 1.82) is 0 Å². The van der Waals surface area contributed by atoms with E-state index in [4.69, 9.17) is 0 Å². The van der Waals surface area contributed by atoms with Crippen molar-refractivity contribution in [3.63, 3.8) is 0 Å². The van der Waals surface area contributed by atoms with E-state index in [1.807, 2.05) is 5.32 Å². The Balaban J connectivity index is 1.70. The lowest BCUT2D eigenvalue weighted by atomic mass is 9.71. The smallest absolute Gasteiger partial charge is 0.337 e. The molecule has 3 rings (SSSR count). The van der Waals surface area contributed by atoms with Crippen molar-refractivity contribution in [2.75, 3.05) is 6.54 Å². The summed E-state index contributed by atoms with van der Waals surface area (Å²) in [6.07, 6.45) is 7.09. The maximum atomic E-state index is 12.8. The number of nitrogens with zero attached hydrogens (tertiary/aromatic N) is 1. The minimum atomic E-state index is -1.09. The zero-order valence-electron chi connectivity index (χ0n) is 16.7. The third kappa shape index (κ3) is 3.50. The lowest BCUT2D eigenvalue weighted by Gasteiger charge is -2.36. The number of carbonyl (C=O) groups is 4. The van der Waals surface area contributed by atoms with Crippen LogP contribution in [0.15, 0.2) is 24.3 Å². The first kappa shape index (κ1) is 20.3. The number of hydrogen-bond donors (Lipinski definition) is 2. The highest BCUT2D eigenvalue weighted by atomic mass is 16.2. The van der Waals surface area contributed by atoms with Crippen molar-refractivity contribution in [1.82, 2.24) is 15.5 Å². The highest BCUT2D eigenvalue weighted by Crippen LogP contribution is 2.65. The van der Waals surface area contributed by atoms with Crippen LogP contribution in [0, 0.1) is 23.2 Å². The molecule has 2 N–H and O–H groups in total. The number of nitrogens with one attached hydrogen (secondary N) is 2. The molecule has 3 fully saturated rings. The fraction of sp³-hybridized carbons (Fsp3) is 0.619. The molecule has 3 aliphatic rings. The fourth-order valence-electron chi connectivity index (χ4n) is 5.56. The number of urea groups is 2. The van der Waals surface area contributed by atoms with E-state index >= 15 is 0 Å². The van der Waals surface area contributed by atoms with Crippen molar-refractivity contribution < 1.29 is 19.2 Å². The molecule has 0 spiro atoms. The molecule has 0 saturated heterocycles. The molecule has 28 heavy (non-hydrogen) atoms. The molecule has 152 valence electrons. The minimum absolute atomic E-state index is 0.0314. The van der Waals surface area contributed by atoms with Gasteiger partial charge in [0.25, 0.3) is 11.8 Å². The van der Waals surface area contributed by atoms with Gasteiger partial charge in [-0.3, -0.25) is 14.9 Å². The third-order valence-corrected chi connectivity index (χ3v) is 6.82. The Morgan fingerprint density at radius 3 is 2.39 bits per heavy atom. The van der Waals surface area contributed by atoms with Crippen molar-refractivity contribution in [2.24, 2.45) is 23.2 Å². The van der Waals surface area contributed by atoms with Gasteiger partial charge in [-0.05, 0) is 69.1 Å². The van der Waals surface area contributed by atoms with E-state index in [0.717, 1.165) is 24.7 Å². The van der Waals surface area contributed by atoms with E-state index in [1.54, 1.807) is 0 Å². The lowest BCUT2D eigenvalue weighted by Crippen LogP contribution is -2.54. The summed E-state index contributed by atoms with van der Waals surface area (Å²) in [5.41, 5.74) is 0.207. The topological polar surface area (TPSA) is 95.6 Å². The monoisotopic (exact) mass is 387 g/mol. The second-order valence-corrected chi connectivity index (χ2v) is 8.69. The molecule has 4 atom stereocenters. The Kier molecular flexibility index (Phi) is 5.46. The average Bonchev–Trinajstić information content (AvgIpc) is 3.33. The molecule has 0 aliphatic heterocycles. The fourth-order valence-corrected chi connectivity index (χ4v) is 5.56. The molecule has 4 unspecified atom stereocenters. The first-order valence-corrected chi connectivity index (χ1v) is 9.95. The number of imide groups is 4. The van der Waals surface area contributed by atoms with E-state index in [-0.39, 0.29) is 16.6 Å². The van der Waals surface area contributed by atoms with Gasteiger partial charge in [0, 0.05) is 17.7 Å². The molecule has 6 amide bonds. The van der Waals surface area contributed by atoms with E-state index in [0.29, 0.717) is 17.4 Å². The van der Waals surface area contributed by atoms with Gasteiger partial charge in [-0.25, -0.2) is 9.59 Å². The second-order valence-electron chi connectivity index (χ2n) is 8.69. The normalized spacial score (nSPS) is 29.7. The van der Waals surface area contributed by atoms with Gasteiger partial charge in [0.1, 0.15) is 0 Å². The van der Waals surface area contributed by atoms with Crippen molar-refractivity contribution in [2.45, 2.75) is 52.4 Å². The Morgan fingerprint density at radius 1 is 1.04 bits per heavy atom. The van der Waals surface area contributed by atoms with Crippen LogP contribution in [-0.4, -0.2) is 35.3 Å². The molecular weight excluding hydrogens is 358 g/mol. The van der Waals surface area contributed by atoms with Gasteiger partial charge < -0.3 is 5.32 Å². The molecule has 3 aliphatic carbocycles. The van der Waals surface area contributed by atoms with Gasteiger partial charge in [-0.1, -0.05) is 19.6 Å². The Labute approximate surface area is 165 Å². The third-order valence-electron chi connectivity index (χ3n) is 6.82. The van der Waals surface area contributed by atoms with E-state index in [9.17, 15) is 19.2 Å². The molecule has 0 aromatic carbocycles. The van der Waals surface area contributed by atoms with Crippen LogP contribution in [0.2, 0.25) is 0 Å². The Bertz CT molecular complexity index is 759. The van der Waals surface area contributed by atoms with Gasteiger partial charge in [0.2, 0.25) is 0 Å². The molecule has 0 aromatic heterocycles. The summed E-state index contributed by atoms with van der Waals surface area (Å²) in [7, 11) is 0. The van der Waals surface area contributed by atoms with Crippen molar-refractivity contribution in [3.8, 4) is 0 Å². The van der Waals surface area contributed by atoms with Crippen molar-refractivity contribution >= 4 is 23.9 Å². The predicted octanol–water partition coefficient (Wildman–Crippen LogP) is 3.13. The van der Waals surface area contributed by atoms with Crippen molar-refractivity contribution in [3.05, 3.63) is 24.3 Å². The first-order valence-electron chi connectivity index (χ1n) is 9.95. The summed E-state index contributed by atoms with van der Waals surface area (Å²) in [4.78, 5) is 49.7. The van der Waals surface area contributed by atoms with Gasteiger partial charge in [-0.2, -0.15) is 4.90 Å². The highest BCUT2D eigenvalue weighted by Gasteiger charge is 2.58. The van der Waals surface area contributed by atoms with Gasteiger partial charge in [0.15, 0.2) is 0 Å². The van der Waals surface area contributed by atoms with Crippen LogP contribution in [0.5, 0.6) is 0 Å². The molecule has 2 bridgehead atoms. The van der Waals surface area contributed by atoms with Crippen LogP contribution >= 0.6 is 0 Å². The van der Waals surface area contributed by atoms with Crippen LogP contribution in [-0.2, 0) is 9.59 Å².